The highest BCUT2D eigenvalue weighted by Crippen LogP contribution is 2.38. The van der Waals surface area contributed by atoms with Gasteiger partial charge in [-0.1, -0.05) is 23.2 Å². The molecule has 0 aromatic heterocycles. The van der Waals surface area contributed by atoms with Crippen molar-refractivity contribution in [2.45, 2.75) is 18.9 Å². The van der Waals surface area contributed by atoms with Crippen LogP contribution in [0.2, 0.25) is 10.0 Å². The Morgan fingerprint density at radius 1 is 1.15 bits per heavy atom. The van der Waals surface area contributed by atoms with E-state index in [1.807, 2.05) is 18.2 Å². The molecule has 144 valence electrons. The van der Waals surface area contributed by atoms with E-state index < -0.39 is 0 Å². The highest BCUT2D eigenvalue weighted by molar-refractivity contribution is 6.42. The normalized spacial score (nSPS) is 17.0. The molecule has 0 radical (unpaired) electrons. The van der Waals surface area contributed by atoms with Crippen LogP contribution in [-0.2, 0) is 4.79 Å². The summed E-state index contributed by atoms with van der Waals surface area (Å²) in [5.41, 5.74) is 1.67. The number of benzene rings is 2. The number of rotatable bonds is 6. The molecule has 1 fully saturated rings. The second kappa shape index (κ2) is 8.83. The predicted molar refractivity (Wildman–Crippen MR) is 108 cm³/mol. The maximum atomic E-state index is 12.5. The largest absolute Gasteiger partial charge is 0.497 e. The highest BCUT2D eigenvalue weighted by Gasteiger charge is 2.30. The van der Waals surface area contributed by atoms with Crippen LogP contribution in [-0.4, -0.2) is 38.1 Å². The molecular weight excluding hydrogens is 387 g/mol. The molecule has 1 atom stereocenters. The Kier molecular flexibility index (Phi) is 6.47. The predicted octanol–water partition coefficient (Wildman–Crippen LogP) is 4.79. The van der Waals surface area contributed by atoms with E-state index in [2.05, 4.69) is 10.2 Å². The smallest absolute Gasteiger partial charge is 0.238 e. The van der Waals surface area contributed by atoms with Crippen molar-refractivity contribution in [2.24, 2.45) is 0 Å². The van der Waals surface area contributed by atoms with Crippen LogP contribution < -0.4 is 14.8 Å². The molecule has 0 aliphatic carbocycles. The van der Waals surface area contributed by atoms with Crippen molar-refractivity contribution in [3.8, 4) is 11.5 Å². The van der Waals surface area contributed by atoms with E-state index in [1.54, 1.807) is 32.4 Å². The van der Waals surface area contributed by atoms with E-state index in [-0.39, 0.29) is 18.5 Å². The maximum Gasteiger partial charge on any atom is 0.238 e. The molecule has 3 rings (SSSR count). The molecule has 1 aliphatic heterocycles. The second-order valence-electron chi connectivity index (χ2n) is 6.41. The minimum absolute atomic E-state index is 0.0952. The molecule has 1 unspecified atom stereocenters. The number of amides is 1. The van der Waals surface area contributed by atoms with Gasteiger partial charge in [-0.3, -0.25) is 9.69 Å². The molecule has 2 aromatic rings. The van der Waals surface area contributed by atoms with Crippen LogP contribution >= 0.6 is 23.2 Å². The van der Waals surface area contributed by atoms with Gasteiger partial charge < -0.3 is 14.8 Å². The molecule has 1 aliphatic rings. The van der Waals surface area contributed by atoms with Gasteiger partial charge in [-0.2, -0.15) is 0 Å². The first-order valence-electron chi connectivity index (χ1n) is 8.72. The fourth-order valence-corrected chi connectivity index (χ4v) is 3.72. The Morgan fingerprint density at radius 2 is 1.96 bits per heavy atom. The number of likely N-dealkylation sites (tertiary alicyclic amines) is 1. The van der Waals surface area contributed by atoms with Crippen molar-refractivity contribution in [1.29, 1.82) is 0 Å². The van der Waals surface area contributed by atoms with Crippen molar-refractivity contribution < 1.29 is 14.3 Å². The van der Waals surface area contributed by atoms with E-state index >= 15 is 0 Å². The number of carbonyl (C=O) groups is 1. The first-order valence-corrected chi connectivity index (χ1v) is 9.48. The van der Waals surface area contributed by atoms with Crippen LogP contribution in [0.1, 0.15) is 24.4 Å². The SMILES string of the molecule is COc1ccc(OC)c(C2CCCN2CC(=O)Nc2ccc(Cl)c(Cl)c2)c1. The van der Waals surface area contributed by atoms with E-state index in [4.69, 9.17) is 32.7 Å². The lowest BCUT2D eigenvalue weighted by Gasteiger charge is -2.26. The number of hydrogen-bond donors (Lipinski definition) is 1. The lowest BCUT2D eigenvalue weighted by Crippen LogP contribution is -2.33. The molecule has 0 spiro atoms. The second-order valence-corrected chi connectivity index (χ2v) is 7.23. The quantitative estimate of drug-likeness (QED) is 0.746. The van der Waals surface area contributed by atoms with E-state index in [0.717, 1.165) is 36.4 Å². The van der Waals surface area contributed by atoms with Crippen LogP contribution in [0, 0.1) is 0 Å². The monoisotopic (exact) mass is 408 g/mol. The summed E-state index contributed by atoms with van der Waals surface area (Å²) in [6.45, 7) is 1.13. The van der Waals surface area contributed by atoms with E-state index in [1.165, 1.54) is 0 Å². The van der Waals surface area contributed by atoms with Crippen molar-refractivity contribution in [2.75, 3.05) is 32.6 Å². The van der Waals surface area contributed by atoms with Gasteiger partial charge in [0.15, 0.2) is 0 Å². The van der Waals surface area contributed by atoms with Gasteiger partial charge in [0.05, 0.1) is 30.8 Å². The molecule has 2 aromatic carbocycles. The Bertz CT molecular complexity index is 829. The molecular formula is C20H22Cl2N2O3. The van der Waals surface area contributed by atoms with Crippen molar-refractivity contribution in [1.82, 2.24) is 4.90 Å². The number of halogens is 2. The maximum absolute atomic E-state index is 12.5. The van der Waals surface area contributed by atoms with Gasteiger partial charge in [-0.05, 0) is 55.8 Å². The van der Waals surface area contributed by atoms with Crippen molar-refractivity contribution in [3.05, 3.63) is 52.0 Å². The van der Waals surface area contributed by atoms with Crippen LogP contribution in [0.4, 0.5) is 5.69 Å². The van der Waals surface area contributed by atoms with Gasteiger partial charge in [0, 0.05) is 17.3 Å². The van der Waals surface area contributed by atoms with Gasteiger partial charge in [0.1, 0.15) is 11.5 Å². The Labute approximate surface area is 169 Å². The van der Waals surface area contributed by atoms with Crippen molar-refractivity contribution in [3.63, 3.8) is 0 Å². The zero-order valence-corrected chi connectivity index (χ0v) is 16.8. The Morgan fingerprint density at radius 3 is 2.67 bits per heavy atom. The number of methoxy groups -OCH3 is 2. The standard InChI is InChI=1S/C20H22Cl2N2O3/c1-26-14-6-8-19(27-2)15(11-14)18-4-3-9-24(18)12-20(25)23-13-5-7-16(21)17(22)10-13/h5-8,10-11,18H,3-4,9,12H2,1-2H3,(H,23,25). The number of ether oxygens (including phenoxy) is 2. The first kappa shape index (κ1) is 19.8. The zero-order chi connectivity index (χ0) is 19.4. The summed E-state index contributed by atoms with van der Waals surface area (Å²) in [4.78, 5) is 14.7. The molecule has 5 nitrogen and oxygen atoms in total. The van der Waals surface area contributed by atoms with Gasteiger partial charge in [0.25, 0.3) is 0 Å². The van der Waals surface area contributed by atoms with Gasteiger partial charge >= 0.3 is 0 Å². The summed E-state index contributed by atoms with van der Waals surface area (Å²) in [5.74, 6) is 1.48. The molecule has 7 heteroatoms. The van der Waals surface area contributed by atoms with Crippen molar-refractivity contribution >= 4 is 34.8 Å². The molecule has 1 saturated heterocycles. The number of anilines is 1. The molecule has 0 bridgehead atoms. The molecule has 1 amide bonds. The molecule has 27 heavy (non-hydrogen) atoms. The number of carbonyl (C=O) groups excluding carboxylic acids is 1. The Balaban J connectivity index is 1.73. The van der Waals surface area contributed by atoms with Crippen LogP contribution in [0.25, 0.3) is 0 Å². The summed E-state index contributed by atoms with van der Waals surface area (Å²) in [6.07, 6.45) is 1.98. The van der Waals surface area contributed by atoms with E-state index in [0.29, 0.717) is 15.7 Å². The Hall–Kier alpha value is -1.95. The summed E-state index contributed by atoms with van der Waals surface area (Å²) < 4.78 is 10.9. The van der Waals surface area contributed by atoms with Crippen LogP contribution in [0.5, 0.6) is 11.5 Å². The first-order chi connectivity index (χ1) is 13.0. The third-order valence-corrected chi connectivity index (χ3v) is 5.45. The summed E-state index contributed by atoms with van der Waals surface area (Å²) in [6, 6.07) is 10.9. The topological polar surface area (TPSA) is 50.8 Å². The molecule has 0 saturated carbocycles. The van der Waals surface area contributed by atoms with Gasteiger partial charge in [0.2, 0.25) is 5.91 Å². The molecule has 1 N–H and O–H groups in total. The van der Waals surface area contributed by atoms with Crippen LogP contribution in [0.15, 0.2) is 36.4 Å². The number of hydrogen-bond acceptors (Lipinski definition) is 4. The fourth-order valence-electron chi connectivity index (χ4n) is 3.43. The van der Waals surface area contributed by atoms with Gasteiger partial charge in [-0.25, -0.2) is 0 Å². The lowest BCUT2D eigenvalue weighted by molar-refractivity contribution is -0.117. The lowest BCUT2D eigenvalue weighted by atomic mass is 10.0. The zero-order valence-electron chi connectivity index (χ0n) is 15.3. The number of nitrogens with zero attached hydrogens (tertiary/aromatic N) is 1. The summed E-state index contributed by atoms with van der Waals surface area (Å²) in [7, 11) is 3.30. The fraction of sp³-hybridized carbons (Fsp3) is 0.350. The highest BCUT2D eigenvalue weighted by atomic mass is 35.5. The van der Waals surface area contributed by atoms with E-state index in [9.17, 15) is 4.79 Å². The van der Waals surface area contributed by atoms with Crippen LogP contribution in [0.3, 0.4) is 0 Å². The average Bonchev–Trinajstić information content (AvgIpc) is 3.11. The molecule has 1 heterocycles. The third-order valence-electron chi connectivity index (χ3n) is 4.71. The summed E-state index contributed by atoms with van der Waals surface area (Å²) >= 11 is 11.9. The van der Waals surface area contributed by atoms with Gasteiger partial charge in [-0.15, -0.1) is 0 Å². The minimum Gasteiger partial charge on any atom is -0.497 e. The average molecular weight is 409 g/mol. The minimum atomic E-state index is -0.0952. The summed E-state index contributed by atoms with van der Waals surface area (Å²) in [5, 5.41) is 3.75. The third kappa shape index (κ3) is 4.67. The number of nitrogens with one attached hydrogen (secondary N) is 1.